The van der Waals surface area contributed by atoms with Gasteiger partial charge in [-0.2, -0.15) is 4.98 Å². The molecule has 6 nitrogen and oxygen atoms in total. The van der Waals surface area contributed by atoms with E-state index in [4.69, 9.17) is 11.6 Å². The first-order valence-corrected chi connectivity index (χ1v) is 9.91. The molecule has 1 aromatic heterocycles. The molecule has 0 saturated carbocycles. The maximum Gasteiger partial charge on any atom is 0.257 e. The Bertz CT molecular complexity index is 987. The molecule has 0 fully saturated rings. The summed E-state index contributed by atoms with van der Waals surface area (Å²) in [5.74, 6) is 1.19. The predicted octanol–water partition coefficient (Wildman–Crippen LogP) is 5.28. The molecule has 7 heteroatoms. The van der Waals surface area contributed by atoms with E-state index in [1.807, 2.05) is 37.3 Å². The van der Waals surface area contributed by atoms with Gasteiger partial charge in [0.1, 0.15) is 5.82 Å². The van der Waals surface area contributed by atoms with E-state index in [0.29, 0.717) is 22.2 Å². The van der Waals surface area contributed by atoms with Gasteiger partial charge in [0, 0.05) is 36.2 Å². The van der Waals surface area contributed by atoms with Crippen LogP contribution in [0.15, 0.2) is 54.6 Å². The molecule has 29 heavy (non-hydrogen) atoms. The van der Waals surface area contributed by atoms with Gasteiger partial charge in [-0.3, -0.25) is 4.79 Å². The Morgan fingerprint density at radius 2 is 1.66 bits per heavy atom. The van der Waals surface area contributed by atoms with E-state index in [1.165, 1.54) is 0 Å². The first-order valence-electron chi connectivity index (χ1n) is 9.53. The second kappa shape index (κ2) is 9.39. The Labute approximate surface area is 175 Å². The fraction of sp³-hybridized carbons (Fsp3) is 0.227. The first kappa shape index (κ1) is 20.6. The second-order valence-electron chi connectivity index (χ2n) is 6.50. The highest BCUT2D eigenvalue weighted by molar-refractivity contribution is 6.34. The number of anilines is 4. The van der Waals surface area contributed by atoms with Crippen LogP contribution in [-0.4, -0.2) is 29.0 Å². The highest BCUT2D eigenvalue weighted by Gasteiger charge is 2.10. The number of nitrogens with one attached hydrogen (secondary N) is 2. The molecule has 1 heterocycles. The minimum absolute atomic E-state index is 0.248. The van der Waals surface area contributed by atoms with Crippen molar-refractivity contribution in [2.75, 3.05) is 28.6 Å². The molecule has 2 aromatic carbocycles. The van der Waals surface area contributed by atoms with Crippen LogP contribution in [0.5, 0.6) is 0 Å². The number of aryl methyl sites for hydroxylation is 1. The average Bonchev–Trinajstić information content (AvgIpc) is 2.70. The minimum Gasteiger partial charge on any atom is -0.357 e. The molecule has 0 unspecified atom stereocenters. The zero-order chi connectivity index (χ0) is 20.8. The van der Waals surface area contributed by atoms with Crippen molar-refractivity contribution in [1.82, 2.24) is 9.97 Å². The summed E-state index contributed by atoms with van der Waals surface area (Å²) in [5, 5.41) is 6.50. The molecule has 2 N–H and O–H groups in total. The van der Waals surface area contributed by atoms with Crippen molar-refractivity contribution >= 4 is 40.6 Å². The Morgan fingerprint density at radius 3 is 2.31 bits per heavy atom. The van der Waals surface area contributed by atoms with Crippen LogP contribution >= 0.6 is 11.6 Å². The number of rotatable bonds is 7. The number of benzene rings is 2. The van der Waals surface area contributed by atoms with E-state index >= 15 is 0 Å². The van der Waals surface area contributed by atoms with E-state index < -0.39 is 0 Å². The Morgan fingerprint density at radius 1 is 1.00 bits per heavy atom. The highest BCUT2D eigenvalue weighted by Crippen LogP contribution is 2.21. The molecule has 0 atom stereocenters. The van der Waals surface area contributed by atoms with Crippen LogP contribution in [0.25, 0.3) is 0 Å². The number of hydrogen-bond acceptors (Lipinski definition) is 5. The SMILES string of the molecule is CCN(CC)c1cc(C)nc(Nc2ccc(NC(=O)c3ccccc3Cl)cc2)n1. The number of amides is 1. The monoisotopic (exact) mass is 409 g/mol. The quantitative estimate of drug-likeness (QED) is 0.555. The van der Waals surface area contributed by atoms with Gasteiger partial charge < -0.3 is 15.5 Å². The van der Waals surface area contributed by atoms with E-state index in [-0.39, 0.29) is 5.91 Å². The molecule has 0 bridgehead atoms. The number of aromatic nitrogens is 2. The van der Waals surface area contributed by atoms with Gasteiger partial charge in [0.15, 0.2) is 0 Å². The Kier molecular flexibility index (Phi) is 6.67. The van der Waals surface area contributed by atoms with Crippen LogP contribution in [0, 0.1) is 6.92 Å². The second-order valence-corrected chi connectivity index (χ2v) is 6.91. The van der Waals surface area contributed by atoms with Crippen LogP contribution in [0.4, 0.5) is 23.1 Å². The van der Waals surface area contributed by atoms with Crippen LogP contribution in [0.2, 0.25) is 5.02 Å². The summed E-state index contributed by atoms with van der Waals surface area (Å²) in [7, 11) is 0. The molecule has 3 aromatic rings. The number of nitrogens with zero attached hydrogens (tertiary/aromatic N) is 3. The molecule has 0 spiro atoms. The number of carbonyl (C=O) groups excluding carboxylic acids is 1. The van der Waals surface area contributed by atoms with Crippen molar-refractivity contribution in [1.29, 1.82) is 0 Å². The Balaban J connectivity index is 1.71. The van der Waals surface area contributed by atoms with Crippen molar-refractivity contribution < 1.29 is 4.79 Å². The zero-order valence-corrected chi connectivity index (χ0v) is 17.5. The van der Waals surface area contributed by atoms with Gasteiger partial charge in [0.05, 0.1) is 10.6 Å². The summed E-state index contributed by atoms with van der Waals surface area (Å²) in [6, 6.07) is 16.3. The van der Waals surface area contributed by atoms with Crippen LogP contribution in [0.1, 0.15) is 29.9 Å². The van der Waals surface area contributed by atoms with Crippen molar-refractivity contribution in [3.8, 4) is 0 Å². The van der Waals surface area contributed by atoms with E-state index in [1.54, 1.807) is 24.3 Å². The van der Waals surface area contributed by atoms with Crippen LogP contribution in [0.3, 0.4) is 0 Å². The van der Waals surface area contributed by atoms with Crippen molar-refractivity contribution in [3.05, 3.63) is 70.9 Å². The fourth-order valence-corrected chi connectivity index (χ4v) is 3.15. The third-order valence-corrected chi connectivity index (χ3v) is 4.78. The average molecular weight is 410 g/mol. The van der Waals surface area contributed by atoms with Gasteiger partial charge in [-0.25, -0.2) is 4.98 Å². The van der Waals surface area contributed by atoms with Gasteiger partial charge in [0.25, 0.3) is 5.91 Å². The normalized spacial score (nSPS) is 10.5. The largest absolute Gasteiger partial charge is 0.357 e. The standard InChI is InChI=1S/C22H24ClN5O/c1-4-28(5-2)20-14-15(3)24-22(27-20)26-17-12-10-16(11-13-17)25-21(29)18-8-6-7-9-19(18)23/h6-14H,4-5H2,1-3H3,(H,25,29)(H,24,26,27). The lowest BCUT2D eigenvalue weighted by Crippen LogP contribution is -2.23. The molecular formula is C22H24ClN5O. The van der Waals surface area contributed by atoms with Gasteiger partial charge in [-0.1, -0.05) is 23.7 Å². The highest BCUT2D eigenvalue weighted by atomic mass is 35.5. The molecule has 0 aliphatic heterocycles. The minimum atomic E-state index is -0.248. The van der Waals surface area contributed by atoms with Crippen molar-refractivity contribution in [2.24, 2.45) is 0 Å². The van der Waals surface area contributed by atoms with E-state index in [0.717, 1.165) is 30.3 Å². The summed E-state index contributed by atoms with van der Waals surface area (Å²) in [6.07, 6.45) is 0. The lowest BCUT2D eigenvalue weighted by Gasteiger charge is -2.20. The third-order valence-electron chi connectivity index (χ3n) is 4.45. The fourth-order valence-electron chi connectivity index (χ4n) is 2.93. The summed E-state index contributed by atoms with van der Waals surface area (Å²) in [6.45, 7) is 7.92. The topological polar surface area (TPSA) is 70.2 Å². The molecule has 0 aliphatic rings. The van der Waals surface area contributed by atoms with Crippen LogP contribution in [-0.2, 0) is 0 Å². The van der Waals surface area contributed by atoms with E-state index in [2.05, 4.69) is 39.3 Å². The summed E-state index contributed by atoms with van der Waals surface area (Å²) in [5.41, 5.74) is 2.84. The van der Waals surface area contributed by atoms with Crippen LogP contribution < -0.4 is 15.5 Å². The summed E-state index contributed by atoms with van der Waals surface area (Å²) >= 11 is 6.08. The zero-order valence-electron chi connectivity index (χ0n) is 16.7. The Hall–Kier alpha value is -3.12. The number of halogens is 1. The predicted molar refractivity (Wildman–Crippen MR) is 119 cm³/mol. The molecule has 0 saturated heterocycles. The van der Waals surface area contributed by atoms with Crippen molar-refractivity contribution in [3.63, 3.8) is 0 Å². The summed E-state index contributed by atoms with van der Waals surface area (Å²) < 4.78 is 0. The lowest BCUT2D eigenvalue weighted by molar-refractivity contribution is 0.102. The molecule has 0 radical (unpaired) electrons. The summed E-state index contributed by atoms with van der Waals surface area (Å²) in [4.78, 5) is 23.6. The first-order chi connectivity index (χ1) is 14.0. The van der Waals surface area contributed by atoms with Gasteiger partial charge in [0.2, 0.25) is 5.95 Å². The van der Waals surface area contributed by atoms with Gasteiger partial charge >= 0.3 is 0 Å². The number of hydrogen-bond donors (Lipinski definition) is 2. The molecular weight excluding hydrogens is 386 g/mol. The maximum atomic E-state index is 12.4. The number of carbonyl (C=O) groups is 1. The van der Waals surface area contributed by atoms with E-state index in [9.17, 15) is 4.79 Å². The molecule has 0 aliphatic carbocycles. The smallest absolute Gasteiger partial charge is 0.257 e. The lowest BCUT2D eigenvalue weighted by atomic mass is 10.2. The third kappa shape index (κ3) is 5.23. The maximum absolute atomic E-state index is 12.4. The van der Waals surface area contributed by atoms with Crippen molar-refractivity contribution in [2.45, 2.75) is 20.8 Å². The molecule has 3 rings (SSSR count). The molecule has 1 amide bonds. The molecule has 150 valence electrons. The van der Waals surface area contributed by atoms with Gasteiger partial charge in [-0.05, 0) is 57.2 Å². The van der Waals surface area contributed by atoms with Gasteiger partial charge in [-0.15, -0.1) is 0 Å².